The Labute approximate surface area is 138 Å². The van der Waals surface area contributed by atoms with Gasteiger partial charge in [0.15, 0.2) is 5.13 Å². The van der Waals surface area contributed by atoms with Crippen LogP contribution >= 0.6 is 11.3 Å². The van der Waals surface area contributed by atoms with Crippen LogP contribution in [0.5, 0.6) is 0 Å². The number of amides is 1. The largest absolute Gasteiger partial charge is 0.481 e. The van der Waals surface area contributed by atoms with Crippen LogP contribution in [0.4, 0.5) is 9.93 Å². The molecule has 6 nitrogen and oxygen atoms in total. The average Bonchev–Trinajstić information content (AvgIpc) is 2.79. The molecule has 122 valence electrons. The minimum Gasteiger partial charge on any atom is -0.481 e. The van der Waals surface area contributed by atoms with E-state index in [1.807, 2.05) is 30.3 Å². The van der Waals surface area contributed by atoms with Crippen LogP contribution in [0.3, 0.4) is 0 Å². The van der Waals surface area contributed by atoms with Gasteiger partial charge in [-0.05, 0) is 26.3 Å². The van der Waals surface area contributed by atoms with Crippen LogP contribution in [-0.2, 0) is 16.0 Å². The van der Waals surface area contributed by atoms with Gasteiger partial charge in [0.2, 0.25) is 0 Å². The molecule has 0 aliphatic carbocycles. The maximum atomic E-state index is 11.8. The van der Waals surface area contributed by atoms with Crippen molar-refractivity contribution in [2.24, 2.45) is 0 Å². The molecule has 2 aromatic rings. The number of nitrogens with zero attached hydrogens (tertiary/aromatic N) is 1. The lowest BCUT2D eigenvalue weighted by Crippen LogP contribution is -2.27. The van der Waals surface area contributed by atoms with Crippen LogP contribution in [0, 0.1) is 0 Å². The number of hydrogen-bond acceptors (Lipinski definition) is 5. The Morgan fingerprint density at radius 1 is 1.26 bits per heavy atom. The van der Waals surface area contributed by atoms with Crippen molar-refractivity contribution < 1.29 is 19.4 Å². The number of benzene rings is 1. The van der Waals surface area contributed by atoms with E-state index in [1.54, 1.807) is 20.8 Å². The molecule has 2 N–H and O–H groups in total. The molecule has 1 heterocycles. The van der Waals surface area contributed by atoms with Gasteiger partial charge < -0.3 is 9.84 Å². The van der Waals surface area contributed by atoms with Crippen LogP contribution in [0.1, 0.15) is 26.5 Å². The Balaban J connectivity index is 2.27. The Kier molecular flexibility index (Phi) is 5.00. The van der Waals surface area contributed by atoms with Gasteiger partial charge >= 0.3 is 12.1 Å². The molecule has 1 amide bonds. The fraction of sp³-hybridized carbons (Fsp3) is 0.312. The van der Waals surface area contributed by atoms with Crippen LogP contribution in [0.15, 0.2) is 30.3 Å². The van der Waals surface area contributed by atoms with Crippen LogP contribution in [-0.4, -0.2) is 27.8 Å². The molecule has 0 aliphatic heterocycles. The molecular weight excluding hydrogens is 316 g/mol. The van der Waals surface area contributed by atoms with Gasteiger partial charge in [0, 0.05) is 0 Å². The van der Waals surface area contributed by atoms with Gasteiger partial charge in [-0.15, -0.1) is 0 Å². The quantitative estimate of drug-likeness (QED) is 0.888. The lowest BCUT2D eigenvalue weighted by molar-refractivity contribution is -0.136. The van der Waals surface area contributed by atoms with E-state index in [4.69, 9.17) is 9.84 Å². The highest BCUT2D eigenvalue weighted by molar-refractivity contribution is 7.19. The monoisotopic (exact) mass is 334 g/mol. The fourth-order valence-corrected chi connectivity index (χ4v) is 2.85. The molecule has 0 bridgehead atoms. The Morgan fingerprint density at radius 2 is 1.91 bits per heavy atom. The van der Waals surface area contributed by atoms with Crippen molar-refractivity contribution in [1.29, 1.82) is 0 Å². The van der Waals surface area contributed by atoms with E-state index in [-0.39, 0.29) is 6.42 Å². The van der Waals surface area contributed by atoms with Crippen molar-refractivity contribution in [2.75, 3.05) is 5.32 Å². The number of aliphatic carboxylic acids is 1. The van der Waals surface area contributed by atoms with E-state index >= 15 is 0 Å². The number of carbonyl (C=O) groups excluding carboxylic acids is 1. The summed E-state index contributed by atoms with van der Waals surface area (Å²) in [7, 11) is 0. The number of hydrogen-bond donors (Lipinski definition) is 2. The predicted molar refractivity (Wildman–Crippen MR) is 88.7 cm³/mol. The fourth-order valence-electron chi connectivity index (χ4n) is 1.87. The lowest BCUT2D eigenvalue weighted by Gasteiger charge is -2.18. The van der Waals surface area contributed by atoms with Gasteiger partial charge in [0.05, 0.1) is 17.0 Å². The van der Waals surface area contributed by atoms with E-state index < -0.39 is 17.7 Å². The first kappa shape index (κ1) is 17.0. The van der Waals surface area contributed by atoms with Gasteiger partial charge in [0.25, 0.3) is 0 Å². The summed E-state index contributed by atoms with van der Waals surface area (Å²) in [5.41, 5.74) is 0.659. The molecule has 1 aromatic carbocycles. The number of nitrogens with one attached hydrogen (secondary N) is 1. The third kappa shape index (κ3) is 5.07. The molecule has 0 saturated heterocycles. The topological polar surface area (TPSA) is 88.5 Å². The average molecular weight is 334 g/mol. The summed E-state index contributed by atoms with van der Waals surface area (Å²) >= 11 is 1.22. The molecule has 0 aliphatic rings. The van der Waals surface area contributed by atoms with Gasteiger partial charge in [0.1, 0.15) is 5.60 Å². The summed E-state index contributed by atoms with van der Waals surface area (Å²) in [6.07, 6.45) is -0.829. The summed E-state index contributed by atoms with van der Waals surface area (Å²) < 4.78 is 5.18. The van der Waals surface area contributed by atoms with Crippen LogP contribution < -0.4 is 5.32 Å². The first-order valence-corrected chi connectivity index (χ1v) is 7.83. The Hall–Kier alpha value is -2.41. The van der Waals surface area contributed by atoms with Gasteiger partial charge in [-0.2, -0.15) is 0 Å². The molecule has 0 unspecified atom stereocenters. The second kappa shape index (κ2) is 6.78. The highest BCUT2D eigenvalue weighted by Crippen LogP contribution is 2.33. The maximum Gasteiger partial charge on any atom is 0.413 e. The number of rotatable bonds is 4. The third-order valence-corrected chi connectivity index (χ3v) is 3.72. The highest BCUT2D eigenvalue weighted by atomic mass is 32.1. The minimum atomic E-state index is -0.976. The first-order chi connectivity index (χ1) is 10.7. The number of carboxylic acid groups (broad SMARTS) is 1. The molecule has 2 rings (SSSR count). The zero-order valence-electron chi connectivity index (χ0n) is 13.1. The minimum absolute atomic E-state index is 0.212. The zero-order chi connectivity index (χ0) is 17.0. The predicted octanol–water partition coefficient (Wildman–Crippen LogP) is 3.78. The van der Waals surface area contributed by atoms with Crippen LogP contribution in [0.2, 0.25) is 0 Å². The van der Waals surface area contributed by atoms with Crippen molar-refractivity contribution in [2.45, 2.75) is 32.8 Å². The van der Waals surface area contributed by atoms with Crippen molar-refractivity contribution in [3.8, 4) is 10.4 Å². The Morgan fingerprint density at radius 3 is 2.48 bits per heavy atom. The number of anilines is 1. The van der Waals surface area contributed by atoms with Crippen molar-refractivity contribution >= 4 is 28.5 Å². The van der Waals surface area contributed by atoms with Gasteiger partial charge in [-0.3, -0.25) is 10.1 Å². The van der Waals surface area contributed by atoms with Crippen molar-refractivity contribution in [1.82, 2.24) is 4.98 Å². The molecule has 0 spiro atoms. The number of thiazole rings is 1. The standard InChI is InChI=1S/C16H18N2O4S/c1-16(2,3)22-15(21)18-14-17-11(9-12(19)20)13(23-14)10-7-5-4-6-8-10/h4-8H,9H2,1-3H3,(H,19,20)(H,17,18,21). The molecule has 0 saturated carbocycles. The third-order valence-electron chi connectivity index (χ3n) is 2.66. The smallest absolute Gasteiger partial charge is 0.413 e. The number of aromatic nitrogens is 1. The van der Waals surface area contributed by atoms with Crippen LogP contribution in [0.25, 0.3) is 10.4 Å². The van der Waals surface area contributed by atoms with E-state index in [0.717, 1.165) is 10.4 Å². The number of carboxylic acids is 1. The summed E-state index contributed by atoms with van der Waals surface area (Å²) in [6, 6.07) is 9.34. The Bertz CT molecular complexity index is 705. The molecule has 0 atom stereocenters. The summed E-state index contributed by atoms with van der Waals surface area (Å²) in [5.74, 6) is -0.976. The van der Waals surface area contributed by atoms with E-state index in [9.17, 15) is 9.59 Å². The first-order valence-electron chi connectivity index (χ1n) is 7.01. The highest BCUT2D eigenvalue weighted by Gasteiger charge is 2.20. The van der Waals surface area contributed by atoms with Gasteiger partial charge in [-0.1, -0.05) is 41.7 Å². The summed E-state index contributed by atoms with van der Waals surface area (Å²) in [6.45, 7) is 5.29. The van der Waals surface area contributed by atoms with Crippen molar-refractivity contribution in [3.63, 3.8) is 0 Å². The summed E-state index contributed by atoms with van der Waals surface area (Å²) in [4.78, 5) is 27.8. The van der Waals surface area contributed by atoms with E-state index in [2.05, 4.69) is 10.3 Å². The normalized spacial score (nSPS) is 11.1. The SMILES string of the molecule is CC(C)(C)OC(=O)Nc1nc(CC(=O)O)c(-c2ccccc2)s1. The molecule has 1 aromatic heterocycles. The van der Waals surface area contributed by atoms with Crippen molar-refractivity contribution in [3.05, 3.63) is 36.0 Å². The molecule has 7 heteroatoms. The number of ether oxygens (including phenoxy) is 1. The lowest BCUT2D eigenvalue weighted by atomic mass is 10.1. The number of carbonyl (C=O) groups is 2. The second-order valence-electron chi connectivity index (χ2n) is 5.86. The molecular formula is C16H18N2O4S. The zero-order valence-corrected chi connectivity index (χ0v) is 13.9. The van der Waals surface area contributed by atoms with Gasteiger partial charge in [-0.25, -0.2) is 9.78 Å². The molecule has 0 radical (unpaired) electrons. The van der Waals surface area contributed by atoms with E-state index in [0.29, 0.717) is 10.8 Å². The second-order valence-corrected chi connectivity index (χ2v) is 6.86. The molecule has 23 heavy (non-hydrogen) atoms. The maximum absolute atomic E-state index is 11.8. The molecule has 0 fully saturated rings. The van der Waals surface area contributed by atoms with E-state index in [1.165, 1.54) is 11.3 Å². The summed E-state index contributed by atoms with van der Waals surface area (Å²) in [5, 5.41) is 11.9.